The van der Waals surface area contributed by atoms with E-state index in [2.05, 4.69) is 23.5 Å². The van der Waals surface area contributed by atoms with Gasteiger partial charge in [0.25, 0.3) is 0 Å². The lowest BCUT2D eigenvalue weighted by Crippen LogP contribution is -2.33. The molecule has 5 rings (SSSR count). The van der Waals surface area contributed by atoms with E-state index in [-0.39, 0.29) is 6.10 Å². The predicted molar refractivity (Wildman–Crippen MR) is 124 cm³/mol. The second-order valence-electron chi connectivity index (χ2n) is 7.80. The van der Waals surface area contributed by atoms with Crippen LogP contribution in [0.4, 0.5) is 5.13 Å². The van der Waals surface area contributed by atoms with Crippen molar-refractivity contribution >= 4 is 16.5 Å². The molecule has 0 amide bonds. The van der Waals surface area contributed by atoms with Crippen LogP contribution in [0.2, 0.25) is 0 Å². The molecule has 4 aromatic rings. The molecule has 0 radical (unpaired) electrons. The normalized spacial score (nSPS) is 15.2. The minimum absolute atomic E-state index is 0.0790. The number of para-hydroxylation sites is 2. The number of benzene rings is 1. The lowest BCUT2D eigenvalue weighted by atomic mass is 10.2. The van der Waals surface area contributed by atoms with E-state index in [1.807, 2.05) is 59.7 Å². The summed E-state index contributed by atoms with van der Waals surface area (Å²) >= 11 is 1.62. The highest BCUT2D eigenvalue weighted by atomic mass is 32.1. The van der Waals surface area contributed by atoms with Crippen molar-refractivity contribution in [3.63, 3.8) is 0 Å². The number of hydrogen-bond acceptors (Lipinski definition) is 7. The highest BCUT2D eigenvalue weighted by molar-refractivity contribution is 7.19. The number of thiazole rings is 1. The minimum Gasteiger partial charge on any atom is -0.486 e. The monoisotopic (exact) mass is 450 g/mol. The molecule has 0 bridgehead atoms. The Balaban J connectivity index is 1.24. The first-order valence-corrected chi connectivity index (χ1v) is 11.6. The molecule has 0 saturated carbocycles. The van der Waals surface area contributed by atoms with Gasteiger partial charge in [-0.3, -0.25) is 9.36 Å². The van der Waals surface area contributed by atoms with Crippen LogP contribution < -0.4 is 14.8 Å². The summed E-state index contributed by atoms with van der Waals surface area (Å²) in [6.45, 7) is 8.85. The number of ether oxygens (including phenoxy) is 2. The summed E-state index contributed by atoms with van der Waals surface area (Å²) in [5.41, 5.74) is 4.11. The third-order valence-corrected chi connectivity index (χ3v) is 6.57. The zero-order valence-corrected chi connectivity index (χ0v) is 19.2. The van der Waals surface area contributed by atoms with E-state index in [9.17, 15) is 0 Å². The predicted octanol–water partition coefficient (Wildman–Crippen LogP) is 4.29. The molecule has 0 saturated heterocycles. The molecule has 0 fully saturated rings. The summed E-state index contributed by atoms with van der Waals surface area (Å²) in [4.78, 5) is 5.76. The van der Waals surface area contributed by atoms with Crippen LogP contribution in [0.5, 0.6) is 11.5 Å². The van der Waals surface area contributed by atoms with Crippen molar-refractivity contribution in [3.8, 4) is 22.1 Å². The van der Waals surface area contributed by atoms with E-state index in [0.29, 0.717) is 19.7 Å². The number of aryl methyl sites for hydroxylation is 3. The van der Waals surface area contributed by atoms with Crippen molar-refractivity contribution in [1.29, 1.82) is 0 Å². The number of aromatic nitrogens is 5. The van der Waals surface area contributed by atoms with Gasteiger partial charge in [0.1, 0.15) is 12.3 Å². The van der Waals surface area contributed by atoms with Gasteiger partial charge in [-0.1, -0.05) is 23.5 Å². The van der Waals surface area contributed by atoms with E-state index in [4.69, 9.17) is 19.6 Å². The van der Waals surface area contributed by atoms with Crippen LogP contribution in [-0.2, 0) is 19.6 Å². The maximum absolute atomic E-state index is 6.06. The molecule has 8 nitrogen and oxygen atoms in total. The van der Waals surface area contributed by atoms with Gasteiger partial charge < -0.3 is 14.8 Å². The van der Waals surface area contributed by atoms with Gasteiger partial charge in [0, 0.05) is 31.0 Å². The molecule has 0 aliphatic carbocycles. The number of fused-ring (bicyclic) bond motifs is 1. The highest BCUT2D eigenvalue weighted by Crippen LogP contribution is 2.33. The largest absolute Gasteiger partial charge is 0.486 e. The minimum atomic E-state index is -0.0790. The van der Waals surface area contributed by atoms with Crippen molar-refractivity contribution in [2.24, 2.45) is 0 Å². The van der Waals surface area contributed by atoms with Gasteiger partial charge in [0.15, 0.2) is 22.7 Å². The second-order valence-corrected chi connectivity index (χ2v) is 8.80. The van der Waals surface area contributed by atoms with Crippen LogP contribution in [0.25, 0.3) is 10.6 Å². The Morgan fingerprint density at radius 2 is 1.94 bits per heavy atom. The van der Waals surface area contributed by atoms with Crippen LogP contribution in [0, 0.1) is 13.8 Å². The molecular weight excluding hydrogens is 424 g/mol. The standard InChI is InChI=1S/C23H26N6O2S/c1-4-28-12-17(15(2)26-28)11-24-23-25-16(3)22(32-23)19-9-10-29(27-19)13-18-14-30-20-7-5-6-8-21(20)31-18/h5-10,12,18H,4,11,13-14H2,1-3H3,(H,24,25). The Labute approximate surface area is 190 Å². The third kappa shape index (κ3) is 4.20. The van der Waals surface area contributed by atoms with Crippen LogP contribution in [-0.4, -0.2) is 37.3 Å². The molecular formula is C23H26N6O2S. The SMILES string of the molecule is CCn1cc(CNc2nc(C)c(-c3ccn(CC4COc5ccccc5O4)n3)s2)c(C)n1. The molecule has 1 aliphatic rings. The summed E-state index contributed by atoms with van der Waals surface area (Å²) < 4.78 is 15.7. The van der Waals surface area contributed by atoms with Crippen molar-refractivity contribution in [2.75, 3.05) is 11.9 Å². The van der Waals surface area contributed by atoms with Gasteiger partial charge in [0.2, 0.25) is 0 Å². The molecule has 1 aromatic carbocycles. The lowest BCUT2D eigenvalue weighted by molar-refractivity contribution is 0.0759. The van der Waals surface area contributed by atoms with Crippen molar-refractivity contribution in [1.82, 2.24) is 24.5 Å². The number of anilines is 1. The Bertz CT molecular complexity index is 1230. The first kappa shape index (κ1) is 20.6. The van der Waals surface area contributed by atoms with E-state index >= 15 is 0 Å². The van der Waals surface area contributed by atoms with Gasteiger partial charge in [-0.2, -0.15) is 10.2 Å². The molecule has 32 heavy (non-hydrogen) atoms. The fourth-order valence-electron chi connectivity index (χ4n) is 3.72. The quantitative estimate of drug-likeness (QED) is 0.452. The lowest BCUT2D eigenvalue weighted by Gasteiger charge is -2.26. The van der Waals surface area contributed by atoms with Gasteiger partial charge in [-0.15, -0.1) is 0 Å². The summed E-state index contributed by atoms with van der Waals surface area (Å²) in [6.07, 6.45) is 3.99. The average Bonchev–Trinajstić information content (AvgIpc) is 3.50. The molecule has 166 valence electrons. The molecule has 0 spiro atoms. The smallest absolute Gasteiger partial charge is 0.183 e. The first-order valence-electron chi connectivity index (χ1n) is 10.8. The molecule has 1 N–H and O–H groups in total. The van der Waals surface area contributed by atoms with Crippen molar-refractivity contribution < 1.29 is 9.47 Å². The van der Waals surface area contributed by atoms with E-state index in [1.165, 1.54) is 5.56 Å². The Morgan fingerprint density at radius 3 is 2.75 bits per heavy atom. The average molecular weight is 451 g/mol. The molecule has 1 unspecified atom stereocenters. The van der Waals surface area contributed by atoms with Crippen LogP contribution >= 0.6 is 11.3 Å². The highest BCUT2D eigenvalue weighted by Gasteiger charge is 2.22. The maximum atomic E-state index is 6.06. The Morgan fingerprint density at radius 1 is 1.09 bits per heavy atom. The van der Waals surface area contributed by atoms with Crippen LogP contribution in [0.3, 0.4) is 0 Å². The number of nitrogens with zero attached hydrogens (tertiary/aromatic N) is 5. The van der Waals surface area contributed by atoms with E-state index in [1.54, 1.807) is 11.3 Å². The summed E-state index contributed by atoms with van der Waals surface area (Å²) in [6, 6.07) is 9.78. The van der Waals surface area contributed by atoms with Gasteiger partial charge in [0.05, 0.1) is 22.8 Å². The number of nitrogens with one attached hydrogen (secondary N) is 1. The van der Waals surface area contributed by atoms with E-state index < -0.39 is 0 Å². The summed E-state index contributed by atoms with van der Waals surface area (Å²) in [5.74, 6) is 1.58. The topological polar surface area (TPSA) is 79.0 Å². The van der Waals surface area contributed by atoms with Gasteiger partial charge in [-0.05, 0) is 39.0 Å². The molecule has 4 heterocycles. The van der Waals surface area contributed by atoms with Crippen molar-refractivity contribution in [3.05, 3.63) is 59.7 Å². The molecule has 3 aromatic heterocycles. The summed E-state index contributed by atoms with van der Waals surface area (Å²) in [5, 5.41) is 13.6. The molecule has 1 aliphatic heterocycles. The number of hydrogen-bond donors (Lipinski definition) is 1. The van der Waals surface area contributed by atoms with Crippen LogP contribution in [0.1, 0.15) is 23.9 Å². The maximum Gasteiger partial charge on any atom is 0.183 e. The zero-order valence-electron chi connectivity index (χ0n) is 18.4. The zero-order chi connectivity index (χ0) is 22.1. The molecule has 1 atom stereocenters. The fraction of sp³-hybridized carbons (Fsp3) is 0.348. The number of rotatable bonds is 7. The van der Waals surface area contributed by atoms with Gasteiger partial charge in [-0.25, -0.2) is 4.98 Å². The third-order valence-electron chi connectivity index (χ3n) is 5.43. The summed E-state index contributed by atoms with van der Waals surface area (Å²) in [7, 11) is 0. The fourth-order valence-corrected chi connectivity index (χ4v) is 4.65. The molecule has 9 heteroatoms. The second kappa shape index (κ2) is 8.66. The Hall–Kier alpha value is -3.33. The van der Waals surface area contributed by atoms with Crippen molar-refractivity contribution in [2.45, 2.75) is 46.5 Å². The van der Waals surface area contributed by atoms with Crippen LogP contribution in [0.15, 0.2) is 42.7 Å². The Kier molecular flexibility index (Phi) is 5.57. The van der Waals surface area contributed by atoms with E-state index in [0.717, 1.165) is 45.1 Å². The first-order chi connectivity index (χ1) is 15.6. The van der Waals surface area contributed by atoms with Gasteiger partial charge >= 0.3 is 0 Å².